The lowest BCUT2D eigenvalue weighted by molar-refractivity contribution is -0.140. The van der Waals surface area contributed by atoms with E-state index in [2.05, 4.69) is 15.0 Å². The number of aromatic nitrogens is 4. The molecule has 0 radical (unpaired) electrons. The lowest BCUT2D eigenvalue weighted by Gasteiger charge is -2.43. The van der Waals surface area contributed by atoms with Gasteiger partial charge in [-0.15, -0.1) is 0 Å². The number of nitrogen functional groups attached to an aromatic ring is 1. The maximum Gasteiger partial charge on any atom is 0.416 e. The van der Waals surface area contributed by atoms with Crippen molar-refractivity contribution in [3.63, 3.8) is 0 Å². The number of anilines is 2. The van der Waals surface area contributed by atoms with Gasteiger partial charge in [0.05, 0.1) is 77.6 Å². The van der Waals surface area contributed by atoms with Crippen molar-refractivity contribution < 1.29 is 41.0 Å². The van der Waals surface area contributed by atoms with Crippen LogP contribution in [0.1, 0.15) is 63.9 Å². The molecule has 280 valence electrons. The number of halogens is 6. The van der Waals surface area contributed by atoms with Gasteiger partial charge in [-0.1, -0.05) is 11.6 Å². The third-order valence-electron chi connectivity index (χ3n) is 11.0. The highest BCUT2D eigenvalue weighted by molar-refractivity contribution is 6.34. The van der Waals surface area contributed by atoms with E-state index in [1.54, 1.807) is 18.8 Å². The van der Waals surface area contributed by atoms with Crippen LogP contribution >= 0.6 is 11.6 Å². The summed E-state index contributed by atoms with van der Waals surface area (Å²) in [6.07, 6.45) is -5.54. The van der Waals surface area contributed by atoms with Crippen molar-refractivity contribution >= 4 is 29.0 Å². The molecule has 7 heterocycles. The summed E-state index contributed by atoms with van der Waals surface area (Å²) in [5.41, 5.74) is 3.92. The molecular formula is C34H38ClF5N8O4. The number of nitrogens with two attached hydrogens (primary N) is 1. The summed E-state index contributed by atoms with van der Waals surface area (Å²) in [5, 5.41) is 4.79. The molecule has 3 aromatic rings. The lowest BCUT2D eigenvalue weighted by atomic mass is 9.85. The number of alkyl halides is 4. The van der Waals surface area contributed by atoms with Crippen molar-refractivity contribution in [2.75, 3.05) is 64.2 Å². The van der Waals surface area contributed by atoms with Crippen molar-refractivity contribution in [2.24, 2.45) is 5.41 Å². The molecule has 2 N–H and O–H groups in total. The molecule has 8 rings (SSSR count). The number of hydrogen-bond acceptors (Lipinski definition) is 10. The summed E-state index contributed by atoms with van der Waals surface area (Å²) < 4.78 is 92.2. The van der Waals surface area contributed by atoms with Gasteiger partial charge in [0.15, 0.2) is 11.5 Å². The van der Waals surface area contributed by atoms with E-state index >= 15 is 4.39 Å². The Balaban J connectivity index is 1.21. The van der Waals surface area contributed by atoms with Crippen LogP contribution < -0.4 is 15.4 Å². The highest BCUT2D eigenvalue weighted by atomic mass is 35.5. The molecule has 52 heavy (non-hydrogen) atoms. The Bertz CT molecular complexity index is 1920. The van der Waals surface area contributed by atoms with E-state index in [1.807, 2.05) is 4.90 Å². The topological polar surface area (TPSA) is 124 Å². The van der Waals surface area contributed by atoms with E-state index in [-0.39, 0.29) is 48.8 Å². The van der Waals surface area contributed by atoms with Gasteiger partial charge < -0.3 is 29.7 Å². The van der Waals surface area contributed by atoms with Gasteiger partial charge in [0, 0.05) is 51.2 Å². The molecule has 0 saturated carbocycles. The maximum absolute atomic E-state index is 15.4. The Kier molecular flexibility index (Phi) is 8.58. The zero-order valence-corrected chi connectivity index (χ0v) is 29.4. The van der Waals surface area contributed by atoms with Crippen molar-refractivity contribution in [2.45, 2.75) is 69.4 Å². The average Bonchev–Trinajstić information content (AvgIpc) is 3.66. The molecule has 0 bridgehead atoms. The minimum Gasteiger partial charge on any atom is -0.461 e. The molecule has 5 aliphatic heterocycles. The van der Waals surface area contributed by atoms with Gasteiger partial charge >= 0.3 is 12.2 Å². The van der Waals surface area contributed by atoms with Crippen LogP contribution in [0, 0.1) is 11.2 Å². The van der Waals surface area contributed by atoms with Crippen LogP contribution in [0.25, 0.3) is 0 Å². The molecule has 1 aromatic carbocycles. The molecule has 0 aliphatic carbocycles. The number of fused-ring (bicyclic) bond motifs is 3. The molecule has 5 aliphatic rings. The fourth-order valence-corrected chi connectivity index (χ4v) is 8.67. The number of rotatable bonds is 6. The van der Waals surface area contributed by atoms with E-state index in [4.69, 9.17) is 36.5 Å². The Morgan fingerprint density at radius 3 is 2.71 bits per heavy atom. The zero-order valence-electron chi connectivity index (χ0n) is 28.6. The minimum absolute atomic E-state index is 0.0479. The number of carbonyl (C=O) groups is 1. The van der Waals surface area contributed by atoms with Crippen LogP contribution in [0.2, 0.25) is 5.02 Å². The van der Waals surface area contributed by atoms with Gasteiger partial charge in [-0.25, -0.2) is 8.78 Å². The van der Waals surface area contributed by atoms with Crippen LogP contribution in [-0.4, -0.2) is 101 Å². The second-order valence-corrected chi connectivity index (χ2v) is 15.2. The lowest BCUT2D eigenvalue weighted by Crippen LogP contribution is -2.52. The Hall–Kier alpha value is -3.80. The van der Waals surface area contributed by atoms with Crippen LogP contribution in [-0.2, 0) is 41.8 Å². The van der Waals surface area contributed by atoms with Crippen LogP contribution in [0.3, 0.4) is 0 Å². The first kappa shape index (κ1) is 35.2. The first-order valence-corrected chi connectivity index (χ1v) is 17.5. The molecule has 1 amide bonds. The minimum atomic E-state index is -4.87. The fraction of sp³-hybridized carbons (Fsp3) is 0.588. The van der Waals surface area contributed by atoms with E-state index in [9.17, 15) is 22.4 Å². The standard InChI is InChI=1S/C34H38ClF5N8O4/c1-45(2)30(49)28-26(35)23-11-46(13-32(15-50-16-32)14-48(23)44-28)29-19-12-51-24(25-20(34(38,39)40)4-5-21(41)27(25)37)8-22(19)42-31(43-29)52-17-33-6-3-7-47(33)10-18(36)9-33/h4-5,18,24H,3,6-17,41H2,1-2H3/t18-,24?,33+/m1/s1. The van der Waals surface area contributed by atoms with Gasteiger partial charge in [-0.2, -0.15) is 28.2 Å². The normalized spacial score (nSPS) is 25.3. The second kappa shape index (κ2) is 12.7. The van der Waals surface area contributed by atoms with E-state index in [1.165, 1.54) is 4.90 Å². The van der Waals surface area contributed by atoms with Crippen molar-refractivity contribution in [1.82, 2.24) is 29.5 Å². The fourth-order valence-electron chi connectivity index (χ4n) is 8.40. The molecule has 18 heteroatoms. The highest BCUT2D eigenvalue weighted by Crippen LogP contribution is 2.45. The third-order valence-corrected chi connectivity index (χ3v) is 11.4. The summed E-state index contributed by atoms with van der Waals surface area (Å²) >= 11 is 6.84. The van der Waals surface area contributed by atoms with Gasteiger partial charge in [0.2, 0.25) is 0 Å². The SMILES string of the molecule is CN(C)C(=O)c1nn2c(c1Cl)CN(c1nc(OC[C@@]34CCCN3C[C@H](F)C4)nc3c1COC(c1c(C(F)(F)F)ccc(N)c1F)C3)CC1(COC1)C2. The summed E-state index contributed by atoms with van der Waals surface area (Å²) in [4.78, 5) is 28.0. The Morgan fingerprint density at radius 1 is 1.21 bits per heavy atom. The van der Waals surface area contributed by atoms with E-state index in [0.29, 0.717) is 62.0 Å². The number of amides is 1. The highest BCUT2D eigenvalue weighted by Gasteiger charge is 2.50. The van der Waals surface area contributed by atoms with Gasteiger partial charge in [0.1, 0.15) is 18.6 Å². The number of carbonyl (C=O) groups excluding carboxylic acids is 1. The number of nitrogens with zero attached hydrogens (tertiary/aromatic N) is 7. The molecule has 3 atom stereocenters. The van der Waals surface area contributed by atoms with Crippen LogP contribution in [0.4, 0.5) is 33.5 Å². The smallest absolute Gasteiger partial charge is 0.416 e. The molecular weight excluding hydrogens is 715 g/mol. The summed E-state index contributed by atoms with van der Waals surface area (Å²) in [7, 11) is 3.21. The molecule has 1 unspecified atom stereocenters. The van der Waals surface area contributed by atoms with Gasteiger partial charge in [-0.05, 0) is 31.5 Å². The Morgan fingerprint density at radius 2 is 2.00 bits per heavy atom. The first-order chi connectivity index (χ1) is 24.7. The number of hydrogen-bond donors (Lipinski definition) is 1. The maximum atomic E-state index is 15.4. The number of ether oxygens (including phenoxy) is 3. The van der Waals surface area contributed by atoms with Gasteiger partial charge in [0.25, 0.3) is 5.91 Å². The monoisotopic (exact) mass is 752 g/mol. The van der Waals surface area contributed by atoms with Crippen molar-refractivity contribution in [3.8, 4) is 6.01 Å². The van der Waals surface area contributed by atoms with E-state index in [0.717, 1.165) is 31.5 Å². The molecule has 2 aromatic heterocycles. The summed E-state index contributed by atoms with van der Waals surface area (Å²) in [6, 6.07) is 1.58. The van der Waals surface area contributed by atoms with Crippen molar-refractivity contribution in [3.05, 3.63) is 56.7 Å². The quantitative estimate of drug-likeness (QED) is 0.283. The Labute approximate surface area is 300 Å². The summed E-state index contributed by atoms with van der Waals surface area (Å²) in [5.74, 6) is -1.18. The average molecular weight is 753 g/mol. The molecule has 3 saturated heterocycles. The first-order valence-electron chi connectivity index (χ1n) is 17.1. The van der Waals surface area contributed by atoms with Crippen molar-refractivity contribution in [1.29, 1.82) is 0 Å². The molecule has 3 fully saturated rings. The van der Waals surface area contributed by atoms with Crippen LogP contribution in [0.15, 0.2) is 12.1 Å². The molecule has 12 nitrogen and oxygen atoms in total. The second-order valence-electron chi connectivity index (χ2n) is 14.9. The third kappa shape index (κ3) is 5.93. The van der Waals surface area contributed by atoms with Gasteiger partial charge in [-0.3, -0.25) is 14.4 Å². The molecule has 1 spiro atoms. The van der Waals surface area contributed by atoms with E-state index < -0.39 is 52.0 Å². The summed E-state index contributed by atoms with van der Waals surface area (Å²) in [6.45, 7) is 2.69. The zero-order chi connectivity index (χ0) is 36.7. The predicted octanol–water partition coefficient (Wildman–Crippen LogP) is 4.57. The van der Waals surface area contributed by atoms with Crippen LogP contribution in [0.5, 0.6) is 6.01 Å². The predicted molar refractivity (Wildman–Crippen MR) is 177 cm³/mol. The largest absolute Gasteiger partial charge is 0.461 e. The number of benzene rings is 1.